The van der Waals surface area contributed by atoms with Gasteiger partial charge in [0.05, 0.1) is 24.3 Å². The predicted molar refractivity (Wildman–Crippen MR) is 134 cm³/mol. The van der Waals surface area contributed by atoms with Gasteiger partial charge in [-0.1, -0.05) is 19.1 Å². The summed E-state index contributed by atoms with van der Waals surface area (Å²) in [4.78, 5) is 10.7. The molecule has 5 nitrogen and oxygen atoms in total. The van der Waals surface area contributed by atoms with Crippen molar-refractivity contribution in [2.24, 2.45) is 40.5 Å². The molecule has 0 aromatic heterocycles. The standard InChI is InChI=1S/C29H41N3O2/c1-19-6-8-28-25(14-19)30-29(22-4-2-3-5-27(22)34-28)32-12-10-31(11-13-32)17-20-7-9-26-24(15-20)23-16-21(23)18-33-26/h3,5-6,8,19-24,26-27H,2,4,7,9-18H2,1H3. The highest BCUT2D eigenvalue weighted by Gasteiger charge is 2.52. The van der Waals surface area contributed by atoms with E-state index in [1.54, 1.807) is 0 Å². The summed E-state index contributed by atoms with van der Waals surface area (Å²) in [5.41, 5.74) is 1.17. The highest BCUT2D eigenvalue weighted by Crippen LogP contribution is 2.54. The summed E-state index contributed by atoms with van der Waals surface area (Å²) >= 11 is 0. The van der Waals surface area contributed by atoms with Gasteiger partial charge in [-0.05, 0) is 86.7 Å². The van der Waals surface area contributed by atoms with Gasteiger partial charge in [0.25, 0.3) is 0 Å². The van der Waals surface area contributed by atoms with Gasteiger partial charge in [0.2, 0.25) is 0 Å². The van der Waals surface area contributed by atoms with Crippen LogP contribution in [-0.2, 0) is 9.47 Å². The van der Waals surface area contributed by atoms with Gasteiger partial charge in [-0.25, -0.2) is 4.99 Å². The van der Waals surface area contributed by atoms with Gasteiger partial charge in [0, 0.05) is 32.7 Å². The van der Waals surface area contributed by atoms with Crippen LogP contribution in [0.2, 0.25) is 0 Å². The minimum absolute atomic E-state index is 0.134. The van der Waals surface area contributed by atoms with Crippen LogP contribution < -0.4 is 0 Å². The summed E-state index contributed by atoms with van der Waals surface area (Å²) in [7, 11) is 0. The van der Waals surface area contributed by atoms with Gasteiger partial charge in [-0.2, -0.15) is 0 Å². The number of hydrogen-bond donors (Lipinski definition) is 0. The molecule has 2 saturated heterocycles. The number of piperazine rings is 1. The van der Waals surface area contributed by atoms with E-state index in [1.807, 2.05) is 0 Å². The second-order valence-electron chi connectivity index (χ2n) is 12.2. The van der Waals surface area contributed by atoms with Crippen molar-refractivity contribution in [1.29, 1.82) is 0 Å². The van der Waals surface area contributed by atoms with E-state index >= 15 is 0 Å². The first-order valence-corrected chi connectivity index (χ1v) is 14.1. The number of hydrogen-bond acceptors (Lipinski definition) is 5. The van der Waals surface area contributed by atoms with E-state index in [-0.39, 0.29) is 6.10 Å². The average Bonchev–Trinajstić information content (AvgIpc) is 3.67. The Labute approximate surface area is 204 Å². The minimum Gasteiger partial charge on any atom is -0.484 e. The zero-order valence-electron chi connectivity index (χ0n) is 20.8. The summed E-state index contributed by atoms with van der Waals surface area (Å²) in [5.74, 6) is 6.89. The van der Waals surface area contributed by atoms with Crippen LogP contribution in [0.5, 0.6) is 0 Å². The van der Waals surface area contributed by atoms with Crippen LogP contribution in [-0.4, -0.2) is 67.2 Å². The van der Waals surface area contributed by atoms with E-state index in [4.69, 9.17) is 14.5 Å². The molecule has 0 aromatic carbocycles. The lowest BCUT2D eigenvalue weighted by Gasteiger charge is -2.43. The van der Waals surface area contributed by atoms with Crippen molar-refractivity contribution in [2.45, 2.75) is 64.1 Å². The van der Waals surface area contributed by atoms with Crippen molar-refractivity contribution in [3.05, 3.63) is 35.8 Å². The van der Waals surface area contributed by atoms with Crippen LogP contribution >= 0.6 is 0 Å². The topological polar surface area (TPSA) is 37.3 Å². The summed E-state index contributed by atoms with van der Waals surface area (Å²) in [6.45, 7) is 9.17. The molecular formula is C29H41N3O2. The Balaban J connectivity index is 1.01. The van der Waals surface area contributed by atoms with Crippen molar-refractivity contribution in [3.8, 4) is 0 Å². The first-order chi connectivity index (χ1) is 16.7. The number of allylic oxidation sites excluding steroid dienone is 4. The Morgan fingerprint density at radius 1 is 1.03 bits per heavy atom. The van der Waals surface area contributed by atoms with Crippen LogP contribution in [0.1, 0.15) is 51.9 Å². The van der Waals surface area contributed by atoms with Crippen molar-refractivity contribution >= 4 is 5.84 Å². The smallest absolute Gasteiger partial charge is 0.141 e. The molecule has 4 aliphatic carbocycles. The fourth-order valence-corrected chi connectivity index (χ4v) is 7.76. The lowest BCUT2D eigenvalue weighted by molar-refractivity contribution is -0.0669. The number of nitrogens with zero attached hydrogens (tertiary/aromatic N) is 3. The van der Waals surface area contributed by atoms with E-state index in [0.717, 1.165) is 68.4 Å². The van der Waals surface area contributed by atoms with Gasteiger partial charge >= 0.3 is 0 Å². The third-order valence-electron chi connectivity index (χ3n) is 9.79. The Morgan fingerprint density at radius 2 is 1.94 bits per heavy atom. The molecule has 2 saturated carbocycles. The molecule has 0 spiro atoms. The third kappa shape index (κ3) is 4.07. The van der Waals surface area contributed by atoms with Gasteiger partial charge < -0.3 is 14.4 Å². The molecule has 0 N–H and O–H groups in total. The van der Waals surface area contributed by atoms with Crippen molar-refractivity contribution in [1.82, 2.24) is 9.80 Å². The fraction of sp³-hybridized carbons (Fsp3) is 0.759. The Bertz CT molecular complexity index is 914. The third-order valence-corrected chi connectivity index (χ3v) is 9.79. The number of ether oxygens (including phenoxy) is 2. The van der Waals surface area contributed by atoms with E-state index in [9.17, 15) is 0 Å². The summed E-state index contributed by atoms with van der Waals surface area (Å²) < 4.78 is 12.7. The highest BCUT2D eigenvalue weighted by atomic mass is 16.5. The average molecular weight is 464 g/mol. The molecule has 5 heteroatoms. The van der Waals surface area contributed by atoms with E-state index < -0.39 is 0 Å². The van der Waals surface area contributed by atoms with Gasteiger partial charge in [0.15, 0.2) is 0 Å². The molecular weight excluding hydrogens is 422 g/mol. The lowest BCUT2D eigenvalue weighted by atomic mass is 9.75. The fourth-order valence-electron chi connectivity index (χ4n) is 7.76. The normalized spacial score (nSPS) is 43.7. The van der Waals surface area contributed by atoms with Crippen molar-refractivity contribution in [2.75, 3.05) is 39.3 Å². The second-order valence-corrected chi connectivity index (χ2v) is 12.2. The lowest BCUT2D eigenvalue weighted by Crippen LogP contribution is -2.53. The minimum atomic E-state index is 0.134. The molecule has 0 amide bonds. The first kappa shape index (κ1) is 21.7. The summed E-state index contributed by atoms with van der Waals surface area (Å²) in [5, 5.41) is 0. The quantitative estimate of drug-likeness (QED) is 0.560. The molecule has 0 aromatic rings. The first-order valence-electron chi connectivity index (χ1n) is 14.1. The summed E-state index contributed by atoms with van der Waals surface area (Å²) in [6, 6.07) is 0. The van der Waals surface area contributed by atoms with Crippen molar-refractivity contribution in [3.63, 3.8) is 0 Å². The van der Waals surface area contributed by atoms with Gasteiger partial charge in [0.1, 0.15) is 17.7 Å². The second kappa shape index (κ2) is 8.81. The number of aliphatic imine (C=N–C) groups is 1. The zero-order valence-corrected chi connectivity index (χ0v) is 20.8. The molecule has 7 rings (SSSR count). The SMILES string of the molecule is CC1C=CC2=C(C1)N=C(N1CCN(CC3CCC4OCC5CC5C4C3)CC1)C1CCC=CC1O2. The van der Waals surface area contributed by atoms with E-state index in [2.05, 4.69) is 41.0 Å². The number of amidine groups is 1. The Kier molecular flexibility index (Phi) is 5.62. The zero-order chi connectivity index (χ0) is 22.6. The Hall–Kier alpha value is -1.59. The van der Waals surface area contributed by atoms with Gasteiger partial charge in [-0.15, -0.1) is 0 Å². The Morgan fingerprint density at radius 3 is 2.85 bits per heavy atom. The number of rotatable bonds is 2. The maximum Gasteiger partial charge on any atom is 0.141 e. The maximum absolute atomic E-state index is 6.51. The maximum atomic E-state index is 6.51. The monoisotopic (exact) mass is 463 g/mol. The molecule has 0 bridgehead atoms. The molecule has 8 atom stereocenters. The molecule has 184 valence electrons. The molecule has 0 radical (unpaired) electrons. The van der Waals surface area contributed by atoms with Crippen LogP contribution in [0.25, 0.3) is 0 Å². The predicted octanol–water partition coefficient (Wildman–Crippen LogP) is 4.63. The molecule has 7 aliphatic rings. The highest BCUT2D eigenvalue weighted by molar-refractivity contribution is 5.87. The van der Waals surface area contributed by atoms with Crippen LogP contribution in [0.3, 0.4) is 0 Å². The van der Waals surface area contributed by atoms with Crippen LogP contribution in [0.15, 0.2) is 40.8 Å². The summed E-state index contributed by atoms with van der Waals surface area (Å²) in [6.07, 6.45) is 18.6. The molecule has 3 aliphatic heterocycles. The van der Waals surface area contributed by atoms with Crippen molar-refractivity contribution < 1.29 is 9.47 Å². The van der Waals surface area contributed by atoms with Gasteiger partial charge in [-0.3, -0.25) is 4.90 Å². The molecule has 3 heterocycles. The number of fused-ring (bicyclic) bond motifs is 4. The molecule has 4 fully saturated rings. The molecule has 8 unspecified atom stereocenters. The largest absolute Gasteiger partial charge is 0.484 e. The molecule has 34 heavy (non-hydrogen) atoms. The van der Waals surface area contributed by atoms with E-state index in [1.165, 1.54) is 56.9 Å². The van der Waals surface area contributed by atoms with Crippen LogP contribution in [0, 0.1) is 35.5 Å². The van der Waals surface area contributed by atoms with E-state index in [0.29, 0.717) is 17.9 Å². The van der Waals surface area contributed by atoms with Crippen LogP contribution in [0.4, 0.5) is 0 Å².